The van der Waals surface area contributed by atoms with Gasteiger partial charge < -0.3 is 14.9 Å². The first-order valence-corrected chi connectivity index (χ1v) is 13.5. The average molecular weight is 543 g/mol. The largest absolute Gasteiger partial charge is 0.481 e. The third-order valence-electron chi connectivity index (χ3n) is 6.78. The van der Waals surface area contributed by atoms with Gasteiger partial charge in [-0.1, -0.05) is 69.3 Å². The van der Waals surface area contributed by atoms with E-state index in [9.17, 15) is 20.0 Å². The van der Waals surface area contributed by atoms with E-state index in [0.29, 0.717) is 44.6 Å². The topological polar surface area (TPSA) is 111 Å². The van der Waals surface area contributed by atoms with Crippen molar-refractivity contribution in [1.29, 1.82) is 5.26 Å². The minimum atomic E-state index is -0.974. The molecule has 0 fully saturated rings. The Morgan fingerprint density at radius 1 is 0.950 bits per heavy atom. The van der Waals surface area contributed by atoms with E-state index in [-0.39, 0.29) is 23.5 Å². The van der Waals surface area contributed by atoms with Gasteiger partial charge in [-0.25, -0.2) is 4.79 Å². The Morgan fingerprint density at radius 3 is 2.33 bits per heavy atom. The fraction of sp³-hybridized carbons (Fsp3) is 0.364. The lowest BCUT2D eigenvalue weighted by Gasteiger charge is -2.28. The molecule has 40 heavy (non-hydrogen) atoms. The van der Waals surface area contributed by atoms with Gasteiger partial charge in [0.15, 0.2) is 0 Å². The van der Waals surface area contributed by atoms with Crippen LogP contribution in [0.5, 0.6) is 0 Å². The maximum Gasteiger partial charge on any atom is 0.335 e. The number of benzene rings is 3. The van der Waals surface area contributed by atoms with Gasteiger partial charge in [0.2, 0.25) is 0 Å². The second-order valence-electron chi connectivity index (χ2n) is 11.1. The van der Waals surface area contributed by atoms with Gasteiger partial charge in [0, 0.05) is 19.5 Å². The van der Waals surface area contributed by atoms with Crippen LogP contribution >= 0.6 is 0 Å². The van der Waals surface area contributed by atoms with Crippen molar-refractivity contribution in [3.63, 3.8) is 0 Å². The average Bonchev–Trinajstić information content (AvgIpc) is 2.93. The van der Waals surface area contributed by atoms with Crippen LogP contribution < -0.4 is 0 Å². The Morgan fingerprint density at radius 2 is 1.68 bits per heavy atom. The van der Waals surface area contributed by atoms with Gasteiger partial charge in [-0.15, -0.1) is 0 Å². The lowest BCUT2D eigenvalue weighted by atomic mass is 9.86. The third kappa shape index (κ3) is 9.64. The smallest absolute Gasteiger partial charge is 0.335 e. The molecule has 0 aliphatic rings. The minimum Gasteiger partial charge on any atom is -0.481 e. The van der Waals surface area contributed by atoms with Crippen LogP contribution in [0, 0.1) is 11.3 Å². The number of nitrogens with zero attached hydrogens (tertiary/aromatic N) is 2. The van der Waals surface area contributed by atoms with Crippen molar-refractivity contribution in [3.05, 3.63) is 106 Å². The number of ether oxygens (including phenoxy) is 1. The number of nitriles is 1. The van der Waals surface area contributed by atoms with Gasteiger partial charge in [-0.2, -0.15) is 5.26 Å². The van der Waals surface area contributed by atoms with Gasteiger partial charge in [-0.05, 0) is 71.3 Å². The van der Waals surface area contributed by atoms with Crippen molar-refractivity contribution < 1.29 is 24.5 Å². The third-order valence-corrected chi connectivity index (χ3v) is 6.78. The first-order chi connectivity index (χ1) is 19.0. The number of unbranched alkanes of at least 4 members (excludes halogenated alkanes) is 1. The number of rotatable bonds is 14. The summed E-state index contributed by atoms with van der Waals surface area (Å²) in [6.07, 6.45) is 1.01. The molecule has 0 aromatic heterocycles. The van der Waals surface area contributed by atoms with Crippen molar-refractivity contribution in [1.82, 2.24) is 4.90 Å². The monoisotopic (exact) mass is 542 g/mol. The van der Waals surface area contributed by atoms with E-state index in [1.807, 2.05) is 30.3 Å². The molecular weight excluding hydrogens is 504 g/mol. The van der Waals surface area contributed by atoms with E-state index in [1.54, 1.807) is 30.3 Å². The summed E-state index contributed by atoms with van der Waals surface area (Å²) in [5.41, 5.74) is 4.92. The molecule has 0 aliphatic carbocycles. The molecule has 0 unspecified atom stereocenters. The Balaban J connectivity index is 1.85. The van der Waals surface area contributed by atoms with Crippen molar-refractivity contribution in [3.8, 4) is 6.07 Å². The summed E-state index contributed by atoms with van der Waals surface area (Å²) in [4.78, 5) is 24.5. The minimum absolute atomic E-state index is 0.0134. The quantitative estimate of drug-likeness (QED) is 0.222. The van der Waals surface area contributed by atoms with Crippen LogP contribution in [0.15, 0.2) is 72.8 Å². The predicted octanol–water partition coefficient (Wildman–Crippen LogP) is 6.57. The highest BCUT2D eigenvalue weighted by atomic mass is 16.5. The number of carboxylic acid groups (broad SMARTS) is 2. The van der Waals surface area contributed by atoms with E-state index in [0.717, 1.165) is 16.7 Å². The van der Waals surface area contributed by atoms with Crippen LogP contribution in [0.4, 0.5) is 0 Å². The van der Waals surface area contributed by atoms with Crippen LogP contribution in [0.1, 0.15) is 84.3 Å². The van der Waals surface area contributed by atoms with Gasteiger partial charge in [0.05, 0.1) is 29.9 Å². The zero-order valence-electron chi connectivity index (χ0n) is 23.5. The fourth-order valence-corrected chi connectivity index (χ4v) is 4.48. The predicted molar refractivity (Wildman–Crippen MR) is 154 cm³/mol. The summed E-state index contributed by atoms with van der Waals surface area (Å²) in [5.74, 6) is -1.79. The molecule has 0 radical (unpaired) electrons. The number of carboxylic acids is 2. The van der Waals surface area contributed by atoms with Crippen LogP contribution in [-0.4, -0.2) is 40.1 Å². The van der Waals surface area contributed by atoms with Crippen molar-refractivity contribution in [2.24, 2.45) is 0 Å². The summed E-state index contributed by atoms with van der Waals surface area (Å²) >= 11 is 0. The van der Waals surface area contributed by atoms with E-state index in [4.69, 9.17) is 9.84 Å². The van der Waals surface area contributed by atoms with Crippen LogP contribution in [0.2, 0.25) is 0 Å². The molecule has 0 bridgehead atoms. The molecule has 3 aromatic carbocycles. The van der Waals surface area contributed by atoms with Gasteiger partial charge in [0.25, 0.3) is 0 Å². The number of carbonyl (C=O) groups is 2. The second-order valence-corrected chi connectivity index (χ2v) is 11.1. The van der Waals surface area contributed by atoms with Crippen LogP contribution in [-0.2, 0) is 28.1 Å². The molecule has 2 N–H and O–H groups in total. The highest BCUT2D eigenvalue weighted by molar-refractivity contribution is 5.87. The molecule has 0 amide bonds. The normalized spacial score (nSPS) is 12.2. The standard InChI is InChI=1S/C33H38N2O5/c1-33(2,3)29-11-7-9-26(19-29)23-40-30(28-10-6-8-25(18-28)20-34)22-35(17-5-4-12-31(36)37)21-24-13-15-27(16-14-24)32(38)39/h6-11,13-16,18-19,30H,4-5,12,17,21-23H2,1-3H3,(H,36,37)(H,38,39)/t30-/m0/s1. The van der Waals surface area contributed by atoms with E-state index < -0.39 is 11.9 Å². The SMILES string of the molecule is CC(C)(C)c1cccc(CO[C@@H](CN(CCCCC(=O)O)Cc2ccc(C(=O)O)cc2)c2cccc(C#N)c2)c1. The highest BCUT2D eigenvalue weighted by Gasteiger charge is 2.20. The molecule has 0 heterocycles. The first-order valence-electron chi connectivity index (χ1n) is 13.5. The molecular formula is C33H38N2O5. The number of aromatic carboxylic acids is 1. The zero-order valence-corrected chi connectivity index (χ0v) is 23.5. The van der Waals surface area contributed by atoms with Crippen LogP contribution in [0.25, 0.3) is 0 Å². The van der Waals surface area contributed by atoms with E-state index in [1.165, 1.54) is 5.56 Å². The fourth-order valence-electron chi connectivity index (χ4n) is 4.48. The Kier molecular flexibility index (Phi) is 11.0. The molecule has 0 aliphatic heterocycles. The molecule has 210 valence electrons. The summed E-state index contributed by atoms with van der Waals surface area (Å²) in [6, 6.07) is 24.8. The second kappa shape index (κ2) is 14.4. The van der Waals surface area contributed by atoms with Crippen LogP contribution in [0.3, 0.4) is 0 Å². The first kappa shape index (κ1) is 30.6. The summed E-state index contributed by atoms with van der Waals surface area (Å²) in [6.45, 7) is 8.62. The summed E-state index contributed by atoms with van der Waals surface area (Å²) in [5, 5.41) is 27.8. The molecule has 3 rings (SSSR count). The Labute approximate surface area is 236 Å². The van der Waals surface area contributed by atoms with Gasteiger partial charge >= 0.3 is 11.9 Å². The summed E-state index contributed by atoms with van der Waals surface area (Å²) in [7, 11) is 0. The van der Waals surface area contributed by atoms with Gasteiger partial charge in [0.1, 0.15) is 0 Å². The molecule has 0 saturated heterocycles. The molecule has 3 aromatic rings. The maximum absolute atomic E-state index is 11.3. The van der Waals surface area contributed by atoms with Gasteiger partial charge in [-0.3, -0.25) is 9.69 Å². The zero-order chi connectivity index (χ0) is 29.1. The molecule has 1 atom stereocenters. The van der Waals surface area contributed by atoms with E-state index in [2.05, 4.69) is 43.9 Å². The Bertz CT molecular complexity index is 1320. The highest BCUT2D eigenvalue weighted by Crippen LogP contribution is 2.26. The van der Waals surface area contributed by atoms with E-state index >= 15 is 0 Å². The molecule has 7 nitrogen and oxygen atoms in total. The number of hydrogen-bond donors (Lipinski definition) is 2. The number of hydrogen-bond acceptors (Lipinski definition) is 5. The van der Waals surface area contributed by atoms with Crippen molar-refractivity contribution in [2.45, 2.75) is 64.7 Å². The Hall–Kier alpha value is -3.99. The van der Waals surface area contributed by atoms with Crippen molar-refractivity contribution >= 4 is 11.9 Å². The maximum atomic E-state index is 11.3. The summed E-state index contributed by atoms with van der Waals surface area (Å²) < 4.78 is 6.52. The number of aliphatic carboxylic acids is 1. The molecule has 0 saturated carbocycles. The molecule has 7 heteroatoms. The molecule has 0 spiro atoms. The van der Waals surface area contributed by atoms with Crippen molar-refractivity contribution in [2.75, 3.05) is 13.1 Å². The lowest BCUT2D eigenvalue weighted by molar-refractivity contribution is -0.137. The lowest BCUT2D eigenvalue weighted by Crippen LogP contribution is -2.30.